The lowest BCUT2D eigenvalue weighted by molar-refractivity contribution is 0.622. The van der Waals surface area contributed by atoms with Gasteiger partial charge < -0.3 is 9.88 Å². The summed E-state index contributed by atoms with van der Waals surface area (Å²) >= 11 is 0. The normalized spacial score (nSPS) is 11.6. The molecule has 2 aromatic rings. The van der Waals surface area contributed by atoms with Crippen LogP contribution in [0.2, 0.25) is 0 Å². The van der Waals surface area contributed by atoms with E-state index in [4.69, 9.17) is 0 Å². The molecule has 0 aliphatic carbocycles. The predicted octanol–water partition coefficient (Wildman–Crippen LogP) is 3.25. The quantitative estimate of drug-likeness (QED) is 0.833. The van der Waals surface area contributed by atoms with E-state index in [9.17, 15) is 0 Å². The molecule has 0 atom stereocenters. The van der Waals surface area contributed by atoms with Gasteiger partial charge in [-0.1, -0.05) is 12.1 Å². The van der Waals surface area contributed by atoms with Gasteiger partial charge in [0.15, 0.2) is 0 Å². The largest absolute Gasteiger partial charge is 0.345 e. The SMILES string of the molecule is CNCc1cccc2c1c(C)cn2C(C)C. The lowest BCUT2D eigenvalue weighted by Crippen LogP contribution is -2.05. The van der Waals surface area contributed by atoms with Crippen molar-refractivity contribution in [2.45, 2.75) is 33.4 Å². The van der Waals surface area contributed by atoms with Crippen molar-refractivity contribution in [1.29, 1.82) is 0 Å². The number of aromatic nitrogens is 1. The highest BCUT2D eigenvalue weighted by Crippen LogP contribution is 2.27. The molecule has 0 aliphatic heterocycles. The van der Waals surface area contributed by atoms with Crippen LogP contribution in [0.5, 0.6) is 0 Å². The van der Waals surface area contributed by atoms with Crippen molar-refractivity contribution < 1.29 is 0 Å². The molecule has 1 N–H and O–H groups in total. The van der Waals surface area contributed by atoms with Crippen LogP contribution in [0.15, 0.2) is 24.4 Å². The van der Waals surface area contributed by atoms with E-state index >= 15 is 0 Å². The number of fused-ring (bicyclic) bond motifs is 1. The maximum atomic E-state index is 3.23. The van der Waals surface area contributed by atoms with Crippen LogP contribution in [0.4, 0.5) is 0 Å². The van der Waals surface area contributed by atoms with Crippen LogP contribution in [0, 0.1) is 6.92 Å². The van der Waals surface area contributed by atoms with E-state index in [-0.39, 0.29) is 0 Å². The average molecular weight is 216 g/mol. The fourth-order valence-electron chi connectivity index (χ4n) is 2.36. The molecule has 0 fully saturated rings. The van der Waals surface area contributed by atoms with Crippen molar-refractivity contribution in [3.63, 3.8) is 0 Å². The Morgan fingerprint density at radius 3 is 2.69 bits per heavy atom. The van der Waals surface area contributed by atoms with Crippen molar-refractivity contribution in [1.82, 2.24) is 9.88 Å². The zero-order chi connectivity index (χ0) is 11.7. The van der Waals surface area contributed by atoms with Gasteiger partial charge in [0.25, 0.3) is 0 Å². The number of nitrogens with zero attached hydrogens (tertiary/aromatic N) is 1. The third kappa shape index (κ3) is 1.74. The molecule has 2 rings (SSSR count). The fourth-order valence-corrected chi connectivity index (χ4v) is 2.36. The Morgan fingerprint density at radius 1 is 1.31 bits per heavy atom. The molecule has 1 aromatic heterocycles. The highest BCUT2D eigenvalue weighted by atomic mass is 15.0. The van der Waals surface area contributed by atoms with Gasteiger partial charge >= 0.3 is 0 Å². The molecular formula is C14H20N2. The molecule has 2 heteroatoms. The second kappa shape index (κ2) is 4.30. The number of aryl methyl sites for hydroxylation is 1. The molecule has 16 heavy (non-hydrogen) atoms. The Morgan fingerprint density at radius 2 is 2.06 bits per heavy atom. The summed E-state index contributed by atoms with van der Waals surface area (Å²) in [5.74, 6) is 0. The number of benzene rings is 1. The zero-order valence-corrected chi connectivity index (χ0v) is 10.5. The zero-order valence-electron chi connectivity index (χ0n) is 10.5. The lowest BCUT2D eigenvalue weighted by Gasteiger charge is -2.10. The van der Waals surface area contributed by atoms with E-state index in [1.807, 2.05) is 7.05 Å². The molecule has 86 valence electrons. The van der Waals surface area contributed by atoms with E-state index in [1.165, 1.54) is 22.0 Å². The smallest absolute Gasteiger partial charge is 0.0488 e. The first-order chi connectivity index (χ1) is 7.65. The monoisotopic (exact) mass is 216 g/mol. The van der Waals surface area contributed by atoms with Crippen molar-refractivity contribution >= 4 is 10.9 Å². The maximum absolute atomic E-state index is 3.23. The second-order valence-electron chi connectivity index (χ2n) is 4.65. The Hall–Kier alpha value is -1.28. The molecule has 0 amide bonds. The Balaban J connectivity index is 2.69. The summed E-state index contributed by atoms with van der Waals surface area (Å²) in [5, 5.41) is 4.64. The van der Waals surface area contributed by atoms with Crippen LogP contribution in [0.3, 0.4) is 0 Å². The molecular weight excluding hydrogens is 196 g/mol. The lowest BCUT2D eigenvalue weighted by atomic mass is 10.1. The summed E-state index contributed by atoms with van der Waals surface area (Å²) in [6.07, 6.45) is 2.26. The fraction of sp³-hybridized carbons (Fsp3) is 0.429. The molecule has 0 saturated heterocycles. The first-order valence-corrected chi connectivity index (χ1v) is 5.88. The second-order valence-corrected chi connectivity index (χ2v) is 4.65. The number of hydrogen-bond acceptors (Lipinski definition) is 1. The third-order valence-electron chi connectivity index (χ3n) is 3.06. The highest BCUT2D eigenvalue weighted by Gasteiger charge is 2.10. The summed E-state index contributed by atoms with van der Waals surface area (Å²) in [4.78, 5) is 0. The molecule has 0 saturated carbocycles. The Bertz CT molecular complexity index is 495. The average Bonchev–Trinajstić information content (AvgIpc) is 2.58. The molecule has 0 bridgehead atoms. The molecule has 2 nitrogen and oxygen atoms in total. The molecule has 1 aromatic carbocycles. The minimum atomic E-state index is 0.515. The van der Waals surface area contributed by atoms with E-state index in [2.05, 4.69) is 55.1 Å². The van der Waals surface area contributed by atoms with Crippen LogP contribution in [0.25, 0.3) is 10.9 Å². The van der Waals surface area contributed by atoms with Gasteiger partial charge in [-0.2, -0.15) is 0 Å². The highest BCUT2D eigenvalue weighted by molar-refractivity contribution is 5.87. The standard InChI is InChI=1S/C14H20N2/c1-10(2)16-9-11(3)14-12(8-15-4)6-5-7-13(14)16/h5-7,9-10,15H,8H2,1-4H3. The van der Waals surface area contributed by atoms with E-state index in [1.54, 1.807) is 0 Å². The summed E-state index contributed by atoms with van der Waals surface area (Å²) < 4.78 is 2.35. The summed E-state index contributed by atoms with van der Waals surface area (Å²) in [6, 6.07) is 7.08. The third-order valence-corrected chi connectivity index (χ3v) is 3.06. The van der Waals surface area contributed by atoms with Gasteiger partial charge in [-0.15, -0.1) is 0 Å². The maximum Gasteiger partial charge on any atom is 0.0488 e. The first-order valence-electron chi connectivity index (χ1n) is 5.88. The van der Waals surface area contributed by atoms with Gasteiger partial charge in [-0.25, -0.2) is 0 Å². The van der Waals surface area contributed by atoms with E-state index in [0.29, 0.717) is 6.04 Å². The van der Waals surface area contributed by atoms with Crippen molar-refractivity contribution in [2.24, 2.45) is 0 Å². The van der Waals surface area contributed by atoms with Crippen molar-refractivity contribution in [2.75, 3.05) is 7.05 Å². The summed E-state index contributed by atoms with van der Waals surface area (Å²) in [6.45, 7) is 7.58. The van der Waals surface area contributed by atoms with Gasteiger partial charge in [0.2, 0.25) is 0 Å². The van der Waals surface area contributed by atoms with Gasteiger partial charge in [-0.3, -0.25) is 0 Å². The Kier molecular flexibility index (Phi) is 3.01. The van der Waals surface area contributed by atoms with E-state index < -0.39 is 0 Å². The first kappa shape index (κ1) is 11.2. The predicted molar refractivity (Wildman–Crippen MR) is 69.8 cm³/mol. The van der Waals surface area contributed by atoms with Crippen molar-refractivity contribution in [3.8, 4) is 0 Å². The summed E-state index contributed by atoms with van der Waals surface area (Å²) in [5.41, 5.74) is 4.10. The number of nitrogens with one attached hydrogen (secondary N) is 1. The Labute approximate surface area is 97.3 Å². The van der Waals surface area contributed by atoms with E-state index in [0.717, 1.165) is 6.54 Å². The van der Waals surface area contributed by atoms with Gasteiger partial charge in [0.1, 0.15) is 0 Å². The van der Waals surface area contributed by atoms with Crippen LogP contribution >= 0.6 is 0 Å². The van der Waals surface area contributed by atoms with Crippen LogP contribution < -0.4 is 5.32 Å². The number of hydrogen-bond donors (Lipinski definition) is 1. The van der Waals surface area contributed by atoms with Gasteiger partial charge in [0.05, 0.1) is 0 Å². The van der Waals surface area contributed by atoms with Crippen LogP contribution in [-0.2, 0) is 6.54 Å². The van der Waals surface area contributed by atoms with Gasteiger partial charge in [0, 0.05) is 29.7 Å². The summed E-state index contributed by atoms with van der Waals surface area (Å²) in [7, 11) is 1.99. The topological polar surface area (TPSA) is 17.0 Å². The van der Waals surface area contributed by atoms with Gasteiger partial charge in [-0.05, 0) is 45.0 Å². The van der Waals surface area contributed by atoms with Crippen LogP contribution in [-0.4, -0.2) is 11.6 Å². The number of rotatable bonds is 3. The minimum Gasteiger partial charge on any atom is -0.345 e. The van der Waals surface area contributed by atoms with Crippen molar-refractivity contribution in [3.05, 3.63) is 35.5 Å². The molecule has 0 aliphatic rings. The molecule has 0 radical (unpaired) electrons. The molecule has 0 spiro atoms. The molecule has 1 heterocycles. The molecule has 0 unspecified atom stereocenters. The minimum absolute atomic E-state index is 0.515. The van der Waals surface area contributed by atoms with Crippen LogP contribution in [0.1, 0.15) is 31.0 Å².